The van der Waals surface area contributed by atoms with Crippen molar-refractivity contribution in [1.82, 2.24) is 9.80 Å². The zero-order chi connectivity index (χ0) is 21.2. The van der Waals surface area contributed by atoms with E-state index in [4.69, 9.17) is 11.6 Å². The van der Waals surface area contributed by atoms with Gasteiger partial charge in [0.05, 0.1) is 21.2 Å². The van der Waals surface area contributed by atoms with Crippen molar-refractivity contribution in [2.75, 3.05) is 44.1 Å². The highest BCUT2D eigenvalue weighted by Gasteiger charge is 2.25. The highest BCUT2D eigenvalue weighted by molar-refractivity contribution is 7.92. The number of aryl methyl sites for hydroxylation is 1. The molecule has 1 saturated heterocycles. The smallest absolute Gasteiger partial charge is 0.264 e. The minimum atomic E-state index is -3.71. The first kappa shape index (κ1) is 21.6. The van der Waals surface area contributed by atoms with Gasteiger partial charge in [0.1, 0.15) is 0 Å². The molecule has 0 unspecified atom stereocenters. The van der Waals surface area contributed by atoms with Gasteiger partial charge in [-0.05, 0) is 43.8 Å². The largest absolute Gasteiger partial charge is 0.336 e. The molecule has 0 radical (unpaired) electrons. The van der Waals surface area contributed by atoms with Crippen LogP contribution in [0, 0.1) is 6.92 Å². The summed E-state index contributed by atoms with van der Waals surface area (Å²) >= 11 is 6.38. The lowest BCUT2D eigenvalue weighted by molar-refractivity contribution is 0.0643. The van der Waals surface area contributed by atoms with Crippen LogP contribution in [0.5, 0.6) is 0 Å². The minimum Gasteiger partial charge on any atom is -0.336 e. The zero-order valence-corrected chi connectivity index (χ0v) is 18.5. The van der Waals surface area contributed by atoms with Gasteiger partial charge in [-0.15, -0.1) is 0 Å². The summed E-state index contributed by atoms with van der Waals surface area (Å²) in [6, 6.07) is 11.4. The second-order valence-electron chi connectivity index (χ2n) is 7.18. The van der Waals surface area contributed by atoms with E-state index >= 15 is 0 Å². The monoisotopic (exact) mass is 435 g/mol. The van der Waals surface area contributed by atoms with Crippen LogP contribution in [-0.2, 0) is 10.0 Å². The maximum atomic E-state index is 12.9. The molecule has 0 saturated carbocycles. The van der Waals surface area contributed by atoms with Crippen molar-refractivity contribution < 1.29 is 13.2 Å². The van der Waals surface area contributed by atoms with Crippen LogP contribution in [0.1, 0.15) is 22.8 Å². The van der Waals surface area contributed by atoms with Crippen molar-refractivity contribution in [3.05, 3.63) is 58.6 Å². The Morgan fingerprint density at radius 3 is 2.24 bits per heavy atom. The van der Waals surface area contributed by atoms with Crippen molar-refractivity contribution >= 4 is 33.2 Å². The third kappa shape index (κ3) is 4.57. The number of anilines is 1. The van der Waals surface area contributed by atoms with E-state index in [-0.39, 0.29) is 15.8 Å². The normalized spacial score (nSPS) is 15.4. The topological polar surface area (TPSA) is 60.9 Å². The molecule has 0 atom stereocenters. The predicted octanol–water partition coefficient (Wildman–Crippen LogP) is 3.25. The standard InChI is InChI=1S/C21H26ClN3O3S/c1-4-24-11-13-25(14-12-24)21(26)19-10-7-17(15-20(19)22)23(3)29(27,28)18-8-5-16(2)6-9-18/h5-10,15H,4,11-14H2,1-3H3. The maximum absolute atomic E-state index is 12.9. The Kier molecular flexibility index (Phi) is 6.51. The Morgan fingerprint density at radius 1 is 1.07 bits per heavy atom. The number of nitrogens with zero attached hydrogens (tertiary/aromatic N) is 3. The van der Waals surface area contributed by atoms with Gasteiger partial charge in [-0.3, -0.25) is 9.10 Å². The average molecular weight is 436 g/mol. The molecule has 0 spiro atoms. The Hall–Kier alpha value is -2.09. The Balaban J connectivity index is 1.80. The molecule has 0 aliphatic carbocycles. The molecular formula is C21H26ClN3O3S. The molecule has 6 nitrogen and oxygen atoms in total. The van der Waals surface area contributed by atoms with Crippen LogP contribution in [-0.4, -0.2) is 63.9 Å². The van der Waals surface area contributed by atoms with E-state index in [1.54, 1.807) is 41.3 Å². The molecule has 2 aromatic rings. The summed E-state index contributed by atoms with van der Waals surface area (Å²) in [5.74, 6) is -0.124. The predicted molar refractivity (Wildman–Crippen MR) is 116 cm³/mol. The fraction of sp³-hybridized carbons (Fsp3) is 0.381. The molecule has 1 aliphatic rings. The van der Waals surface area contributed by atoms with E-state index in [2.05, 4.69) is 11.8 Å². The fourth-order valence-corrected chi connectivity index (χ4v) is 4.76. The zero-order valence-electron chi connectivity index (χ0n) is 16.9. The van der Waals surface area contributed by atoms with Gasteiger partial charge < -0.3 is 9.80 Å². The number of benzene rings is 2. The van der Waals surface area contributed by atoms with Gasteiger partial charge in [0.25, 0.3) is 15.9 Å². The van der Waals surface area contributed by atoms with Crippen molar-refractivity contribution in [2.45, 2.75) is 18.7 Å². The summed E-state index contributed by atoms with van der Waals surface area (Å²) in [6.07, 6.45) is 0. The number of rotatable bonds is 5. The Bertz CT molecular complexity index is 985. The second-order valence-corrected chi connectivity index (χ2v) is 9.55. The molecule has 1 aliphatic heterocycles. The fourth-order valence-electron chi connectivity index (χ4n) is 3.32. The van der Waals surface area contributed by atoms with E-state index in [0.717, 1.165) is 25.2 Å². The van der Waals surface area contributed by atoms with Crippen LogP contribution in [0.2, 0.25) is 5.02 Å². The Morgan fingerprint density at radius 2 is 1.69 bits per heavy atom. The van der Waals surface area contributed by atoms with Gasteiger partial charge in [0.2, 0.25) is 0 Å². The highest BCUT2D eigenvalue weighted by atomic mass is 35.5. The molecule has 0 aromatic heterocycles. The lowest BCUT2D eigenvalue weighted by Crippen LogP contribution is -2.48. The van der Waals surface area contributed by atoms with Crippen LogP contribution >= 0.6 is 11.6 Å². The highest BCUT2D eigenvalue weighted by Crippen LogP contribution is 2.28. The number of amides is 1. The number of carbonyl (C=O) groups excluding carboxylic acids is 1. The summed E-state index contributed by atoms with van der Waals surface area (Å²) in [6.45, 7) is 7.98. The molecule has 29 heavy (non-hydrogen) atoms. The van der Waals surface area contributed by atoms with Gasteiger partial charge in [0, 0.05) is 33.2 Å². The molecule has 3 rings (SSSR count). The quantitative estimate of drug-likeness (QED) is 0.723. The summed E-state index contributed by atoms with van der Waals surface area (Å²) in [5, 5.41) is 0.247. The SMILES string of the molecule is CCN1CCN(C(=O)c2ccc(N(C)S(=O)(=O)c3ccc(C)cc3)cc2Cl)CC1. The van der Waals surface area contributed by atoms with Crippen LogP contribution in [0.4, 0.5) is 5.69 Å². The van der Waals surface area contributed by atoms with E-state index < -0.39 is 10.0 Å². The molecular weight excluding hydrogens is 410 g/mol. The van der Waals surface area contributed by atoms with Crippen molar-refractivity contribution in [2.24, 2.45) is 0 Å². The Labute approximate surface area is 177 Å². The number of carbonyl (C=O) groups is 1. The first-order chi connectivity index (χ1) is 13.7. The van der Waals surface area contributed by atoms with Gasteiger partial charge in [-0.2, -0.15) is 0 Å². The minimum absolute atomic E-state index is 0.124. The number of piperazine rings is 1. The lowest BCUT2D eigenvalue weighted by Gasteiger charge is -2.34. The molecule has 8 heteroatoms. The van der Waals surface area contributed by atoms with Gasteiger partial charge in [-0.1, -0.05) is 36.2 Å². The molecule has 156 valence electrons. The second kappa shape index (κ2) is 8.73. The third-order valence-corrected chi connectivity index (χ3v) is 7.45. The van der Waals surface area contributed by atoms with E-state index in [0.29, 0.717) is 24.3 Å². The van der Waals surface area contributed by atoms with Crippen LogP contribution in [0.3, 0.4) is 0 Å². The number of hydrogen-bond acceptors (Lipinski definition) is 4. The van der Waals surface area contributed by atoms with Crippen LogP contribution in [0.25, 0.3) is 0 Å². The van der Waals surface area contributed by atoms with Crippen molar-refractivity contribution in [3.63, 3.8) is 0 Å². The van der Waals surface area contributed by atoms with Crippen LogP contribution < -0.4 is 4.31 Å². The first-order valence-electron chi connectivity index (χ1n) is 9.61. The summed E-state index contributed by atoms with van der Waals surface area (Å²) < 4.78 is 26.9. The number of hydrogen-bond donors (Lipinski definition) is 0. The third-order valence-electron chi connectivity index (χ3n) is 5.33. The number of likely N-dealkylation sites (N-methyl/N-ethyl adjacent to an activating group) is 1. The molecule has 1 heterocycles. The number of sulfonamides is 1. The van der Waals surface area contributed by atoms with Crippen molar-refractivity contribution in [1.29, 1.82) is 0 Å². The van der Waals surface area contributed by atoms with Crippen LogP contribution in [0.15, 0.2) is 47.4 Å². The van der Waals surface area contributed by atoms with E-state index in [9.17, 15) is 13.2 Å². The lowest BCUT2D eigenvalue weighted by atomic mass is 10.1. The van der Waals surface area contributed by atoms with E-state index in [1.807, 2.05) is 6.92 Å². The summed E-state index contributed by atoms with van der Waals surface area (Å²) in [7, 11) is -2.24. The summed E-state index contributed by atoms with van der Waals surface area (Å²) in [5.41, 5.74) is 1.78. The summed E-state index contributed by atoms with van der Waals surface area (Å²) in [4.78, 5) is 17.1. The average Bonchev–Trinajstić information content (AvgIpc) is 2.73. The molecule has 1 amide bonds. The molecule has 0 bridgehead atoms. The van der Waals surface area contributed by atoms with Crippen molar-refractivity contribution in [3.8, 4) is 0 Å². The maximum Gasteiger partial charge on any atom is 0.264 e. The van der Waals surface area contributed by atoms with Gasteiger partial charge >= 0.3 is 0 Å². The molecule has 1 fully saturated rings. The first-order valence-corrected chi connectivity index (χ1v) is 11.4. The molecule has 0 N–H and O–H groups in total. The van der Waals surface area contributed by atoms with Gasteiger partial charge in [0.15, 0.2) is 0 Å². The van der Waals surface area contributed by atoms with Gasteiger partial charge in [-0.25, -0.2) is 8.42 Å². The molecule has 2 aromatic carbocycles. The number of halogens is 1. The van der Waals surface area contributed by atoms with E-state index in [1.165, 1.54) is 17.4 Å².